The summed E-state index contributed by atoms with van der Waals surface area (Å²) in [6.45, 7) is 0. The molecule has 1 fully saturated rings. The van der Waals surface area contributed by atoms with Crippen molar-refractivity contribution in [3.8, 4) is 0 Å². The zero-order valence-electron chi connectivity index (χ0n) is 7.25. The van der Waals surface area contributed by atoms with Crippen LogP contribution in [0.3, 0.4) is 0 Å². The molecule has 1 aliphatic heterocycles. The highest BCUT2D eigenvalue weighted by Gasteiger charge is 2.35. The van der Waals surface area contributed by atoms with Crippen LogP contribution in [0.1, 0.15) is 0 Å². The van der Waals surface area contributed by atoms with Crippen LogP contribution >= 0.6 is 0 Å². The molecule has 0 spiro atoms. The van der Waals surface area contributed by atoms with Crippen LogP contribution in [0.25, 0.3) is 0 Å². The molecule has 0 aliphatic carbocycles. The average Bonchev–Trinajstić information content (AvgIpc) is 2.26. The first kappa shape index (κ1) is 10.7. The molecule has 2 N–H and O–H groups in total. The predicted molar refractivity (Wildman–Crippen MR) is 45.7 cm³/mol. The van der Waals surface area contributed by atoms with Crippen LogP contribution in [0.15, 0.2) is 0 Å². The summed E-state index contributed by atoms with van der Waals surface area (Å²) in [6, 6.07) is -3.06. The molecule has 1 heterocycles. The maximum absolute atomic E-state index is 10.5. The van der Waals surface area contributed by atoms with Gasteiger partial charge in [-0.05, 0) is 0 Å². The molecule has 1 rings (SSSR count). The van der Waals surface area contributed by atoms with Gasteiger partial charge in [0.2, 0.25) is 0 Å². The summed E-state index contributed by atoms with van der Waals surface area (Å²) < 4.78 is 0. The summed E-state index contributed by atoms with van der Waals surface area (Å²) in [6.07, 6.45) is 2.13. The van der Waals surface area contributed by atoms with Gasteiger partial charge in [0, 0.05) is 0 Å². The van der Waals surface area contributed by atoms with Crippen molar-refractivity contribution in [2.45, 2.75) is 24.2 Å². The number of rotatable bonds is 4. The molecule has 4 atom stereocenters. The Labute approximate surface area is 80.0 Å². The van der Waals surface area contributed by atoms with Crippen molar-refractivity contribution in [1.82, 2.24) is 10.6 Å². The second-order valence-corrected chi connectivity index (χ2v) is 2.98. The Bertz CT molecular complexity index is 206. The smallest absolute Gasteiger partial charge is 0.138 e. The third-order valence-corrected chi connectivity index (χ3v) is 2.13. The summed E-state index contributed by atoms with van der Waals surface area (Å²) in [4.78, 5) is 42.1. The standard InChI is InChI=1S/C8H10N2O4/c11-1-5-6(2-12)10-8(4-14)7(3-13)9-5/h1-10H. The van der Waals surface area contributed by atoms with Crippen LogP contribution in [-0.4, -0.2) is 49.3 Å². The van der Waals surface area contributed by atoms with Crippen LogP contribution in [0.2, 0.25) is 0 Å². The lowest BCUT2D eigenvalue weighted by Gasteiger charge is -2.34. The van der Waals surface area contributed by atoms with Crippen LogP contribution in [0.4, 0.5) is 0 Å². The average molecular weight is 198 g/mol. The monoisotopic (exact) mass is 198 g/mol. The minimum atomic E-state index is -0.765. The normalized spacial score (nSPS) is 37.1. The van der Waals surface area contributed by atoms with Gasteiger partial charge in [0.15, 0.2) is 0 Å². The molecule has 0 saturated carbocycles. The van der Waals surface area contributed by atoms with Crippen molar-refractivity contribution >= 4 is 25.1 Å². The molecule has 0 radical (unpaired) electrons. The van der Waals surface area contributed by atoms with E-state index in [1.54, 1.807) is 0 Å². The Kier molecular flexibility index (Phi) is 3.61. The Hall–Kier alpha value is -1.40. The van der Waals surface area contributed by atoms with Gasteiger partial charge in [-0.2, -0.15) is 0 Å². The predicted octanol–water partition coefficient (Wildman–Crippen LogP) is -2.55. The molecule has 0 bridgehead atoms. The molecular weight excluding hydrogens is 188 g/mol. The fourth-order valence-electron chi connectivity index (χ4n) is 1.35. The van der Waals surface area contributed by atoms with Crippen molar-refractivity contribution in [2.24, 2.45) is 0 Å². The fraction of sp³-hybridized carbons (Fsp3) is 0.500. The number of nitrogens with one attached hydrogen (secondary N) is 2. The number of aldehydes is 4. The fourth-order valence-corrected chi connectivity index (χ4v) is 1.35. The number of hydrogen-bond donors (Lipinski definition) is 2. The first-order valence-corrected chi connectivity index (χ1v) is 4.10. The first-order valence-electron chi connectivity index (χ1n) is 4.10. The van der Waals surface area contributed by atoms with Crippen LogP contribution in [-0.2, 0) is 19.2 Å². The minimum Gasteiger partial charge on any atom is -0.302 e. The second-order valence-electron chi connectivity index (χ2n) is 2.98. The van der Waals surface area contributed by atoms with E-state index in [1.807, 2.05) is 0 Å². The third-order valence-electron chi connectivity index (χ3n) is 2.13. The summed E-state index contributed by atoms with van der Waals surface area (Å²) in [7, 11) is 0. The van der Waals surface area contributed by atoms with Gasteiger partial charge < -0.3 is 19.2 Å². The lowest BCUT2D eigenvalue weighted by atomic mass is 10.00. The molecule has 1 aliphatic rings. The minimum absolute atomic E-state index is 0.531. The van der Waals surface area contributed by atoms with Gasteiger partial charge in [0.25, 0.3) is 0 Å². The summed E-state index contributed by atoms with van der Waals surface area (Å²) >= 11 is 0. The van der Waals surface area contributed by atoms with Crippen molar-refractivity contribution in [2.75, 3.05) is 0 Å². The van der Waals surface area contributed by atoms with Crippen molar-refractivity contribution in [3.63, 3.8) is 0 Å². The van der Waals surface area contributed by atoms with Gasteiger partial charge in [-0.3, -0.25) is 10.6 Å². The van der Waals surface area contributed by atoms with Crippen LogP contribution in [0.5, 0.6) is 0 Å². The van der Waals surface area contributed by atoms with E-state index in [0.29, 0.717) is 25.1 Å². The summed E-state index contributed by atoms with van der Waals surface area (Å²) in [5.41, 5.74) is 0. The number of hydrogen-bond acceptors (Lipinski definition) is 6. The Morgan fingerprint density at radius 2 is 0.786 bits per heavy atom. The Balaban J connectivity index is 2.78. The van der Waals surface area contributed by atoms with Crippen LogP contribution < -0.4 is 10.6 Å². The molecule has 6 heteroatoms. The van der Waals surface area contributed by atoms with E-state index in [-0.39, 0.29) is 0 Å². The second kappa shape index (κ2) is 4.73. The van der Waals surface area contributed by atoms with Gasteiger partial charge in [-0.15, -0.1) is 0 Å². The van der Waals surface area contributed by atoms with Gasteiger partial charge in [-0.1, -0.05) is 0 Å². The molecule has 0 aromatic carbocycles. The first-order chi connectivity index (χ1) is 6.76. The van der Waals surface area contributed by atoms with Crippen LogP contribution in [0, 0.1) is 0 Å². The molecule has 4 unspecified atom stereocenters. The maximum atomic E-state index is 10.5. The number of piperazine rings is 1. The van der Waals surface area contributed by atoms with Gasteiger partial charge in [0.1, 0.15) is 25.1 Å². The highest BCUT2D eigenvalue weighted by atomic mass is 16.1. The van der Waals surface area contributed by atoms with E-state index in [0.717, 1.165) is 0 Å². The van der Waals surface area contributed by atoms with E-state index in [9.17, 15) is 19.2 Å². The van der Waals surface area contributed by atoms with Crippen molar-refractivity contribution in [3.05, 3.63) is 0 Å². The van der Waals surface area contributed by atoms with E-state index < -0.39 is 24.2 Å². The SMILES string of the molecule is O=CC1NC(C=O)C(C=O)NC1C=O. The Morgan fingerprint density at radius 1 is 0.571 bits per heavy atom. The van der Waals surface area contributed by atoms with Gasteiger partial charge >= 0.3 is 0 Å². The third kappa shape index (κ3) is 1.91. The molecule has 1 saturated heterocycles. The summed E-state index contributed by atoms with van der Waals surface area (Å²) in [5.74, 6) is 0. The molecule has 0 aromatic rings. The maximum Gasteiger partial charge on any atom is 0.138 e. The molecular formula is C8H10N2O4. The zero-order chi connectivity index (χ0) is 10.6. The molecule has 0 aromatic heterocycles. The van der Waals surface area contributed by atoms with Gasteiger partial charge in [0.05, 0.1) is 24.2 Å². The highest BCUT2D eigenvalue weighted by Crippen LogP contribution is 2.02. The Morgan fingerprint density at radius 3 is 0.929 bits per heavy atom. The van der Waals surface area contributed by atoms with Gasteiger partial charge in [-0.25, -0.2) is 0 Å². The number of carbonyl (C=O) groups is 4. The lowest BCUT2D eigenvalue weighted by molar-refractivity contribution is -0.122. The molecule has 0 amide bonds. The van der Waals surface area contributed by atoms with E-state index in [2.05, 4.69) is 10.6 Å². The quantitative estimate of drug-likeness (QED) is 0.483. The molecule has 6 nitrogen and oxygen atoms in total. The molecule has 76 valence electrons. The van der Waals surface area contributed by atoms with E-state index in [1.165, 1.54) is 0 Å². The zero-order valence-corrected chi connectivity index (χ0v) is 7.25. The van der Waals surface area contributed by atoms with Crippen molar-refractivity contribution < 1.29 is 19.2 Å². The largest absolute Gasteiger partial charge is 0.302 e. The number of carbonyl (C=O) groups excluding carboxylic acids is 4. The van der Waals surface area contributed by atoms with Crippen molar-refractivity contribution in [1.29, 1.82) is 0 Å². The molecule has 14 heavy (non-hydrogen) atoms. The lowest BCUT2D eigenvalue weighted by Crippen LogP contribution is -2.68. The van der Waals surface area contributed by atoms with E-state index >= 15 is 0 Å². The topological polar surface area (TPSA) is 92.3 Å². The highest BCUT2D eigenvalue weighted by molar-refractivity contribution is 5.78. The van der Waals surface area contributed by atoms with E-state index in [4.69, 9.17) is 0 Å². The summed E-state index contributed by atoms with van der Waals surface area (Å²) in [5, 5.41) is 5.19.